The minimum absolute atomic E-state index is 0.0632. The van der Waals surface area contributed by atoms with E-state index in [4.69, 9.17) is 10.8 Å². The minimum Gasteiger partial charge on any atom is -0.480 e. The lowest BCUT2D eigenvalue weighted by Gasteiger charge is -2.38. The van der Waals surface area contributed by atoms with Crippen molar-refractivity contribution in [2.24, 2.45) is 0 Å². The molecule has 15 heteroatoms. The first-order chi connectivity index (χ1) is 16.1. The van der Waals surface area contributed by atoms with E-state index in [2.05, 4.69) is 4.98 Å². The van der Waals surface area contributed by atoms with Crippen molar-refractivity contribution >= 4 is 23.7 Å². The van der Waals surface area contributed by atoms with Gasteiger partial charge in [0.05, 0.1) is 29.1 Å². The maximum absolute atomic E-state index is 13.2. The highest BCUT2D eigenvalue weighted by atomic mass is 19.4. The SMILES string of the molecule is Nc1ccc(-c2cc(C(F)(F)F)cc(C(F)(F)F)c2)nc1C(=O)N1CCN(C(=O)O)CC1C(=O)O. The number of aliphatic carboxylic acids is 1. The van der Waals surface area contributed by atoms with Crippen molar-refractivity contribution < 1.29 is 50.9 Å². The van der Waals surface area contributed by atoms with E-state index in [0.717, 1.165) is 21.9 Å². The predicted octanol–water partition coefficient (Wildman–Crippen LogP) is 3.26. The molecule has 2 heterocycles. The Morgan fingerprint density at radius 3 is 2.00 bits per heavy atom. The van der Waals surface area contributed by atoms with Gasteiger partial charge in [-0.1, -0.05) is 0 Å². The van der Waals surface area contributed by atoms with Crippen LogP contribution in [0.25, 0.3) is 11.3 Å². The number of nitrogen functional groups attached to an aromatic ring is 1. The number of hydrogen-bond acceptors (Lipinski definition) is 5. The maximum atomic E-state index is 13.2. The number of hydrogen-bond donors (Lipinski definition) is 3. The average Bonchev–Trinajstić information content (AvgIpc) is 2.77. The van der Waals surface area contributed by atoms with Crippen molar-refractivity contribution in [3.8, 4) is 11.3 Å². The number of alkyl halides is 6. The zero-order valence-electron chi connectivity index (χ0n) is 17.4. The van der Waals surface area contributed by atoms with Crippen molar-refractivity contribution in [1.29, 1.82) is 0 Å². The number of aromatic nitrogens is 1. The zero-order chi connectivity index (χ0) is 26.3. The van der Waals surface area contributed by atoms with Gasteiger partial charge in [-0.2, -0.15) is 26.3 Å². The molecule has 9 nitrogen and oxygen atoms in total. The molecule has 1 saturated heterocycles. The summed E-state index contributed by atoms with van der Waals surface area (Å²) in [4.78, 5) is 41.2. The average molecular weight is 506 g/mol. The maximum Gasteiger partial charge on any atom is 0.416 e. The van der Waals surface area contributed by atoms with Gasteiger partial charge in [0.2, 0.25) is 0 Å². The topological polar surface area (TPSA) is 137 Å². The number of carbonyl (C=O) groups is 3. The number of nitrogens with two attached hydrogens (primary N) is 1. The molecule has 0 saturated carbocycles. The van der Waals surface area contributed by atoms with Crippen molar-refractivity contribution in [1.82, 2.24) is 14.8 Å². The molecule has 0 radical (unpaired) electrons. The number of pyridine rings is 1. The first kappa shape index (κ1) is 25.6. The normalized spacial score (nSPS) is 16.8. The Kier molecular flexibility index (Phi) is 6.55. The van der Waals surface area contributed by atoms with E-state index in [1.165, 1.54) is 0 Å². The van der Waals surface area contributed by atoms with E-state index in [-0.39, 0.29) is 24.8 Å². The van der Waals surface area contributed by atoms with Crippen LogP contribution in [-0.4, -0.2) is 68.6 Å². The van der Waals surface area contributed by atoms with Crippen LogP contribution >= 0.6 is 0 Å². The number of amides is 2. The number of carbonyl (C=O) groups excluding carboxylic acids is 1. The quantitative estimate of drug-likeness (QED) is 0.544. The molecular formula is C20H16F6N4O5. The van der Waals surface area contributed by atoms with Crippen LogP contribution in [-0.2, 0) is 17.1 Å². The van der Waals surface area contributed by atoms with Crippen LogP contribution in [0.3, 0.4) is 0 Å². The van der Waals surface area contributed by atoms with Gasteiger partial charge >= 0.3 is 24.4 Å². The van der Waals surface area contributed by atoms with E-state index in [1.54, 1.807) is 0 Å². The van der Waals surface area contributed by atoms with Gasteiger partial charge in [0.1, 0.15) is 6.04 Å². The summed E-state index contributed by atoms with van der Waals surface area (Å²) in [5, 5.41) is 18.5. The number of carboxylic acid groups (broad SMARTS) is 2. The fourth-order valence-electron chi connectivity index (χ4n) is 3.45. The monoisotopic (exact) mass is 506 g/mol. The lowest BCUT2D eigenvalue weighted by Crippen LogP contribution is -2.59. The summed E-state index contributed by atoms with van der Waals surface area (Å²) in [6.07, 6.45) is -11.6. The standard InChI is InChI=1S/C20H16F6N4O5/c21-19(22,23)10-5-9(6-11(7-10)20(24,25)26)13-2-1-12(27)15(28-13)16(31)30-4-3-29(18(34)35)8-14(30)17(32)33/h1-2,5-7,14H,3-4,8,27H2,(H,32,33)(H,34,35). The molecule has 0 bridgehead atoms. The fraction of sp³-hybridized carbons (Fsp3) is 0.300. The number of rotatable bonds is 3. The Bertz CT molecular complexity index is 1150. The highest BCUT2D eigenvalue weighted by Gasteiger charge is 2.39. The van der Waals surface area contributed by atoms with Crippen LogP contribution in [0.15, 0.2) is 30.3 Å². The molecule has 3 rings (SSSR count). The molecule has 1 aliphatic heterocycles. The van der Waals surface area contributed by atoms with Gasteiger partial charge in [-0.05, 0) is 30.3 Å². The molecule has 1 atom stereocenters. The van der Waals surface area contributed by atoms with Crippen molar-refractivity contribution in [2.45, 2.75) is 18.4 Å². The second-order valence-electron chi connectivity index (χ2n) is 7.51. The van der Waals surface area contributed by atoms with Gasteiger partial charge in [-0.3, -0.25) is 4.79 Å². The summed E-state index contributed by atoms with van der Waals surface area (Å²) in [7, 11) is 0. The van der Waals surface area contributed by atoms with E-state index in [1.807, 2.05) is 0 Å². The summed E-state index contributed by atoms with van der Waals surface area (Å²) >= 11 is 0. The van der Waals surface area contributed by atoms with Crippen LogP contribution < -0.4 is 5.73 Å². The lowest BCUT2D eigenvalue weighted by molar-refractivity contribution is -0.144. The van der Waals surface area contributed by atoms with Gasteiger partial charge in [0.25, 0.3) is 5.91 Å². The van der Waals surface area contributed by atoms with E-state index in [0.29, 0.717) is 12.1 Å². The number of benzene rings is 1. The molecular weight excluding hydrogens is 490 g/mol. The number of anilines is 1. The molecule has 1 fully saturated rings. The van der Waals surface area contributed by atoms with E-state index < -0.39 is 71.0 Å². The second-order valence-corrected chi connectivity index (χ2v) is 7.51. The fourth-order valence-corrected chi connectivity index (χ4v) is 3.45. The van der Waals surface area contributed by atoms with Crippen molar-refractivity contribution in [3.63, 3.8) is 0 Å². The van der Waals surface area contributed by atoms with Crippen LogP contribution in [0, 0.1) is 0 Å². The molecule has 0 spiro atoms. The third-order valence-electron chi connectivity index (χ3n) is 5.21. The number of nitrogens with zero attached hydrogens (tertiary/aromatic N) is 3. The third kappa shape index (κ3) is 5.38. The summed E-state index contributed by atoms with van der Waals surface area (Å²) in [5.74, 6) is -2.61. The van der Waals surface area contributed by atoms with E-state index in [9.17, 15) is 45.8 Å². The van der Waals surface area contributed by atoms with Crippen molar-refractivity contribution in [2.75, 3.05) is 25.4 Å². The van der Waals surface area contributed by atoms with Crippen molar-refractivity contribution in [3.05, 3.63) is 47.2 Å². The van der Waals surface area contributed by atoms with Crippen LogP contribution in [0.4, 0.5) is 36.8 Å². The summed E-state index contributed by atoms with van der Waals surface area (Å²) in [6, 6.07) is 1.21. The van der Waals surface area contributed by atoms with Crippen LogP contribution in [0.1, 0.15) is 21.6 Å². The Morgan fingerprint density at radius 2 is 1.51 bits per heavy atom. The molecule has 1 aromatic carbocycles. The molecule has 1 aliphatic rings. The summed E-state index contributed by atoms with van der Waals surface area (Å²) in [6.45, 7) is -1.18. The smallest absolute Gasteiger partial charge is 0.416 e. The molecule has 35 heavy (non-hydrogen) atoms. The predicted molar refractivity (Wildman–Crippen MR) is 106 cm³/mol. The first-order valence-corrected chi connectivity index (χ1v) is 9.67. The molecule has 2 amide bonds. The Hall–Kier alpha value is -4.04. The number of halogens is 6. The molecule has 2 aromatic rings. The highest BCUT2D eigenvalue weighted by molar-refractivity contribution is 6.00. The van der Waals surface area contributed by atoms with Gasteiger partial charge in [0.15, 0.2) is 5.69 Å². The molecule has 4 N–H and O–H groups in total. The van der Waals surface area contributed by atoms with E-state index >= 15 is 0 Å². The van der Waals surface area contributed by atoms with Gasteiger partial charge < -0.3 is 25.7 Å². The Labute approximate surface area is 192 Å². The molecule has 1 unspecified atom stereocenters. The van der Waals surface area contributed by atoms with Gasteiger partial charge in [0, 0.05) is 18.7 Å². The number of carboxylic acids is 1. The third-order valence-corrected chi connectivity index (χ3v) is 5.21. The minimum atomic E-state index is -5.11. The van der Waals surface area contributed by atoms with Crippen LogP contribution in [0.2, 0.25) is 0 Å². The number of piperazine rings is 1. The highest BCUT2D eigenvalue weighted by Crippen LogP contribution is 2.38. The Balaban J connectivity index is 2.06. The lowest BCUT2D eigenvalue weighted by atomic mass is 10.0. The zero-order valence-corrected chi connectivity index (χ0v) is 17.4. The summed E-state index contributed by atoms with van der Waals surface area (Å²) in [5.41, 5.74) is 0.587. The van der Waals surface area contributed by atoms with Gasteiger partial charge in [-0.25, -0.2) is 14.6 Å². The summed E-state index contributed by atoms with van der Waals surface area (Å²) < 4.78 is 79.2. The molecule has 188 valence electrons. The second kappa shape index (κ2) is 8.96. The Morgan fingerprint density at radius 1 is 0.943 bits per heavy atom. The van der Waals surface area contributed by atoms with Crippen LogP contribution in [0.5, 0.6) is 0 Å². The molecule has 1 aromatic heterocycles. The largest absolute Gasteiger partial charge is 0.480 e. The molecule has 0 aliphatic carbocycles. The first-order valence-electron chi connectivity index (χ1n) is 9.67. The van der Waals surface area contributed by atoms with Gasteiger partial charge in [-0.15, -0.1) is 0 Å².